The van der Waals surface area contributed by atoms with Gasteiger partial charge in [-0.2, -0.15) is 0 Å². The molecule has 156 valence electrons. The van der Waals surface area contributed by atoms with Gasteiger partial charge < -0.3 is 30.0 Å². The maximum absolute atomic E-state index is 12.4. The molecule has 0 saturated heterocycles. The summed E-state index contributed by atoms with van der Waals surface area (Å²) in [6.07, 6.45) is 0.584. The highest BCUT2D eigenvalue weighted by Gasteiger charge is 2.15. The molecule has 0 saturated carbocycles. The zero-order valence-electron chi connectivity index (χ0n) is 16.0. The summed E-state index contributed by atoms with van der Waals surface area (Å²) in [5.41, 5.74) is 1.30. The molecule has 0 radical (unpaired) electrons. The van der Waals surface area contributed by atoms with Crippen LogP contribution in [-0.4, -0.2) is 56.9 Å². The molecule has 2 aromatic rings. The third-order valence-corrected chi connectivity index (χ3v) is 4.60. The van der Waals surface area contributed by atoms with E-state index in [1.807, 2.05) is 12.1 Å². The van der Waals surface area contributed by atoms with Gasteiger partial charge in [0.15, 0.2) is 11.5 Å². The number of benzene rings is 1. The molecule has 9 nitrogen and oxygen atoms in total. The van der Waals surface area contributed by atoms with Crippen molar-refractivity contribution >= 4 is 34.1 Å². The number of carbonyl (C=O) groups excluding carboxylic acids is 2. The maximum Gasteiger partial charge on any atom is 0.329 e. The van der Waals surface area contributed by atoms with Crippen LogP contribution in [0.5, 0.6) is 11.5 Å². The summed E-state index contributed by atoms with van der Waals surface area (Å²) >= 11 is 1.19. The summed E-state index contributed by atoms with van der Waals surface area (Å²) < 4.78 is 15.2. The Morgan fingerprint density at radius 3 is 2.52 bits per heavy atom. The second-order valence-electron chi connectivity index (χ2n) is 5.79. The number of nitrogens with one attached hydrogen (secondary N) is 2. The fourth-order valence-electron chi connectivity index (χ4n) is 2.43. The number of carbonyl (C=O) groups is 3. The number of methoxy groups -OCH3 is 2. The summed E-state index contributed by atoms with van der Waals surface area (Å²) in [5, 5.41) is 15.9. The zero-order valence-corrected chi connectivity index (χ0v) is 16.8. The molecule has 0 bridgehead atoms. The minimum Gasteiger partial charge on any atom is -0.493 e. The Kier molecular flexibility index (Phi) is 8.44. The van der Waals surface area contributed by atoms with E-state index in [0.29, 0.717) is 35.0 Å². The molecule has 0 fully saturated rings. The van der Waals surface area contributed by atoms with Gasteiger partial charge >= 0.3 is 5.97 Å². The predicted octanol–water partition coefficient (Wildman–Crippen LogP) is 1.78. The Bertz CT molecular complexity index is 866. The number of anilines is 1. The molecule has 0 aliphatic rings. The number of amides is 2. The van der Waals surface area contributed by atoms with Crippen molar-refractivity contribution in [2.75, 3.05) is 39.3 Å². The molecule has 0 spiro atoms. The van der Waals surface area contributed by atoms with E-state index in [1.54, 1.807) is 31.7 Å². The Morgan fingerprint density at radius 2 is 1.83 bits per heavy atom. The van der Waals surface area contributed by atoms with Gasteiger partial charge in [0.1, 0.15) is 18.2 Å². The van der Waals surface area contributed by atoms with E-state index in [0.717, 1.165) is 5.56 Å². The molecular weight excluding hydrogens is 400 g/mol. The first kappa shape index (κ1) is 22.2. The van der Waals surface area contributed by atoms with E-state index < -0.39 is 25.1 Å². The van der Waals surface area contributed by atoms with Crippen molar-refractivity contribution < 1.29 is 33.7 Å². The summed E-state index contributed by atoms with van der Waals surface area (Å²) in [6.45, 7) is -0.592. The number of ether oxygens (including phenoxy) is 3. The first-order valence-electron chi connectivity index (χ1n) is 8.60. The molecule has 0 unspecified atom stereocenters. The average Bonchev–Trinajstić information content (AvgIpc) is 3.15. The number of carboxylic acid groups (broad SMARTS) is 1. The Morgan fingerprint density at radius 1 is 1.07 bits per heavy atom. The van der Waals surface area contributed by atoms with Crippen molar-refractivity contribution in [3.8, 4) is 11.5 Å². The van der Waals surface area contributed by atoms with E-state index in [2.05, 4.69) is 10.6 Å². The normalized spacial score (nSPS) is 10.3. The van der Waals surface area contributed by atoms with Crippen LogP contribution in [0.4, 0.5) is 5.00 Å². The second-order valence-corrected chi connectivity index (χ2v) is 6.71. The molecule has 1 aromatic carbocycles. The van der Waals surface area contributed by atoms with E-state index in [-0.39, 0.29) is 5.91 Å². The van der Waals surface area contributed by atoms with Gasteiger partial charge in [0, 0.05) is 6.54 Å². The summed E-state index contributed by atoms with van der Waals surface area (Å²) in [6, 6.07) is 7.14. The standard InChI is InChI=1S/C19H22N2O7S/c1-26-14-4-3-12(9-15(14)27-2)5-7-20-18(25)13-6-8-29-19(13)21-16(22)10-28-11-17(23)24/h3-4,6,8-9H,5,7,10-11H2,1-2H3,(H,20,25)(H,21,22)(H,23,24). The third-order valence-electron chi connectivity index (χ3n) is 3.77. The number of hydrogen-bond acceptors (Lipinski definition) is 7. The molecule has 10 heteroatoms. The summed E-state index contributed by atoms with van der Waals surface area (Å²) in [4.78, 5) is 34.6. The molecule has 0 aliphatic heterocycles. The molecule has 0 aliphatic carbocycles. The van der Waals surface area contributed by atoms with Gasteiger partial charge in [-0.15, -0.1) is 11.3 Å². The van der Waals surface area contributed by atoms with Crippen LogP contribution < -0.4 is 20.1 Å². The van der Waals surface area contributed by atoms with E-state index in [9.17, 15) is 14.4 Å². The van der Waals surface area contributed by atoms with Crippen molar-refractivity contribution in [3.63, 3.8) is 0 Å². The van der Waals surface area contributed by atoms with Crippen molar-refractivity contribution in [3.05, 3.63) is 40.8 Å². The number of thiophene rings is 1. The highest BCUT2D eigenvalue weighted by atomic mass is 32.1. The zero-order chi connectivity index (χ0) is 21.2. The topological polar surface area (TPSA) is 123 Å². The monoisotopic (exact) mass is 422 g/mol. The van der Waals surface area contributed by atoms with Gasteiger partial charge in [0.25, 0.3) is 11.8 Å². The Balaban J connectivity index is 1.86. The number of carboxylic acids is 1. The second kappa shape index (κ2) is 11.0. The van der Waals surface area contributed by atoms with Crippen molar-refractivity contribution in [2.45, 2.75) is 6.42 Å². The highest BCUT2D eigenvalue weighted by molar-refractivity contribution is 7.14. The molecular formula is C19H22N2O7S. The van der Waals surface area contributed by atoms with Crippen LogP contribution in [0.2, 0.25) is 0 Å². The number of aliphatic carboxylic acids is 1. The first-order chi connectivity index (χ1) is 13.9. The van der Waals surface area contributed by atoms with Crippen LogP contribution in [0.25, 0.3) is 0 Å². The van der Waals surface area contributed by atoms with Crippen LogP contribution in [0.15, 0.2) is 29.6 Å². The lowest BCUT2D eigenvalue weighted by Gasteiger charge is -2.10. The highest BCUT2D eigenvalue weighted by Crippen LogP contribution is 2.27. The van der Waals surface area contributed by atoms with Crippen LogP contribution >= 0.6 is 11.3 Å². The van der Waals surface area contributed by atoms with E-state index in [1.165, 1.54) is 11.3 Å². The fourth-order valence-corrected chi connectivity index (χ4v) is 3.23. The quantitative estimate of drug-likeness (QED) is 0.504. The maximum atomic E-state index is 12.4. The minimum absolute atomic E-state index is 0.325. The average molecular weight is 422 g/mol. The van der Waals surface area contributed by atoms with Crippen molar-refractivity contribution in [2.24, 2.45) is 0 Å². The molecule has 3 N–H and O–H groups in total. The lowest BCUT2D eigenvalue weighted by Crippen LogP contribution is -2.27. The van der Waals surface area contributed by atoms with Gasteiger partial charge in [0.2, 0.25) is 0 Å². The first-order valence-corrected chi connectivity index (χ1v) is 9.48. The van der Waals surface area contributed by atoms with Gasteiger partial charge in [-0.1, -0.05) is 6.07 Å². The molecule has 2 amide bonds. The molecule has 1 heterocycles. The smallest absolute Gasteiger partial charge is 0.329 e. The molecule has 0 atom stereocenters. The van der Waals surface area contributed by atoms with E-state index >= 15 is 0 Å². The van der Waals surface area contributed by atoms with Gasteiger partial charge in [-0.25, -0.2) is 4.79 Å². The molecule has 1 aromatic heterocycles. The Hall–Kier alpha value is -3.11. The Labute approximate surface area is 171 Å². The molecule has 2 rings (SSSR count). The SMILES string of the molecule is COc1ccc(CCNC(=O)c2ccsc2NC(=O)COCC(=O)O)cc1OC. The van der Waals surface area contributed by atoms with Crippen LogP contribution in [0.3, 0.4) is 0 Å². The minimum atomic E-state index is -1.16. The third kappa shape index (κ3) is 6.77. The van der Waals surface area contributed by atoms with Crippen molar-refractivity contribution in [1.82, 2.24) is 5.32 Å². The van der Waals surface area contributed by atoms with Gasteiger partial charge in [0.05, 0.1) is 19.8 Å². The molecule has 29 heavy (non-hydrogen) atoms. The lowest BCUT2D eigenvalue weighted by molar-refractivity contribution is -0.143. The van der Waals surface area contributed by atoms with Crippen LogP contribution in [-0.2, 0) is 20.7 Å². The fraction of sp³-hybridized carbons (Fsp3) is 0.316. The summed E-state index contributed by atoms with van der Waals surface area (Å²) in [7, 11) is 3.12. The lowest BCUT2D eigenvalue weighted by atomic mass is 10.1. The largest absolute Gasteiger partial charge is 0.493 e. The van der Waals surface area contributed by atoms with Crippen LogP contribution in [0, 0.1) is 0 Å². The predicted molar refractivity (Wildman–Crippen MR) is 107 cm³/mol. The number of hydrogen-bond donors (Lipinski definition) is 3. The summed E-state index contributed by atoms with van der Waals surface area (Å²) in [5.74, 6) is -0.777. The van der Waals surface area contributed by atoms with Gasteiger partial charge in [-0.05, 0) is 35.6 Å². The van der Waals surface area contributed by atoms with E-state index in [4.69, 9.17) is 19.3 Å². The van der Waals surface area contributed by atoms with Crippen LogP contribution in [0.1, 0.15) is 15.9 Å². The van der Waals surface area contributed by atoms with Crippen molar-refractivity contribution in [1.29, 1.82) is 0 Å². The van der Waals surface area contributed by atoms with Gasteiger partial charge in [-0.3, -0.25) is 9.59 Å². The number of rotatable bonds is 11.